The number of hydrazone groups is 1. The Hall–Kier alpha value is -2.78. The summed E-state index contributed by atoms with van der Waals surface area (Å²) in [4.78, 5) is 28.6. The maximum absolute atomic E-state index is 12.3. The predicted octanol–water partition coefficient (Wildman–Crippen LogP) is 2.90. The van der Waals surface area contributed by atoms with Gasteiger partial charge in [-0.3, -0.25) is 9.69 Å². The van der Waals surface area contributed by atoms with Crippen LogP contribution in [0.2, 0.25) is 4.34 Å². The van der Waals surface area contributed by atoms with Crippen LogP contribution in [0.15, 0.2) is 41.5 Å². The van der Waals surface area contributed by atoms with Crippen molar-refractivity contribution in [1.82, 2.24) is 10.7 Å². The molecule has 8 nitrogen and oxygen atoms in total. The number of carbonyl (C=O) groups is 2. The number of anilines is 2. The van der Waals surface area contributed by atoms with Gasteiger partial charge in [0.1, 0.15) is 11.9 Å². The van der Waals surface area contributed by atoms with Crippen molar-refractivity contribution in [2.75, 3.05) is 36.0 Å². The Balaban J connectivity index is 1.36. The molecule has 2 aromatic rings. The maximum atomic E-state index is 12.3. The molecule has 29 heavy (non-hydrogen) atoms. The average molecular weight is 434 g/mol. The van der Waals surface area contributed by atoms with E-state index in [1.54, 1.807) is 17.0 Å². The highest BCUT2D eigenvalue weighted by Crippen LogP contribution is 2.26. The number of nitrogens with one attached hydrogen (secondary N) is 2. The molecule has 1 fully saturated rings. The van der Waals surface area contributed by atoms with Gasteiger partial charge in [0.2, 0.25) is 0 Å². The number of halogens is 1. The molecular weight excluding hydrogens is 414 g/mol. The van der Waals surface area contributed by atoms with Crippen LogP contribution < -0.4 is 20.5 Å². The van der Waals surface area contributed by atoms with E-state index in [9.17, 15) is 9.59 Å². The summed E-state index contributed by atoms with van der Waals surface area (Å²) < 4.78 is 5.95. The minimum absolute atomic E-state index is 0.228. The van der Waals surface area contributed by atoms with Crippen LogP contribution in [0.25, 0.3) is 0 Å². The van der Waals surface area contributed by atoms with Crippen molar-refractivity contribution in [3.63, 3.8) is 0 Å². The highest BCUT2D eigenvalue weighted by molar-refractivity contribution is 7.18. The summed E-state index contributed by atoms with van der Waals surface area (Å²) in [5, 5.41) is 7.02. The van der Waals surface area contributed by atoms with E-state index in [4.69, 9.17) is 16.3 Å². The number of benzene rings is 1. The number of rotatable bonds is 5. The fraction of sp³-hybridized carbons (Fsp3) is 0.316. The molecule has 3 heterocycles. The van der Waals surface area contributed by atoms with Crippen molar-refractivity contribution < 1.29 is 14.3 Å². The highest BCUT2D eigenvalue weighted by atomic mass is 35.5. The summed E-state index contributed by atoms with van der Waals surface area (Å²) in [6, 6.07) is 11.0. The standard InChI is InChI=1S/C19H20ClN5O3S/c1-12-23-22-8-9-24(12)13-2-4-14(5-3-13)25-11-15(28-19(25)27)10-21-18(26)16-6-7-17(20)29-16/h2-7,15,22H,8-11H2,1H3,(H,21,26). The van der Waals surface area contributed by atoms with Gasteiger partial charge in [-0.1, -0.05) is 11.6 Å². The van der Waals surface area contributed by atoms with Crippen LogP contribution in [0, 0.1) is 0 Å². The Morgan fingerprint density at radius 1 is 1.28 bits per heavy atom. The second-order valence-electron chi connectivity index (χ2n) is 6.67. The highest BCUT2D eigenvalue weighted by Gasteiger charge is 2.32. The molecule has 10 heteroatoms. The molecule has 0 spiro atoms. The summed E-state index contributed by atoms with van der Waals surface area (Å²) >= 11 is 7.06. The lowest BCUT2D eigenvalue weighted by Crippen LogP contribution is -2.40. The Labute approximate surface area is 177 Å². The van der Waals surface area contributed by atoms with Crippen LogP contribution in [0.3, 0.4) is 0 Å². The first kappa shape index (κ1) is 19.5. The number of ether oxygens (including phenoxy) is 1. The van der Waals surface area contributed by atoms with Crippen molar-refractivity contribution in [1.29, 1.82) is 0 Å². The molecule has 2 aliphatic rings. The second kappa shape index (κ2) is 8.30. The summed E-state index contributed by atoms with van der Waals surface area (Å²) in [7, 11) is 0. The molecule has 1 aromatic carbocycles. The molecule has 1 saturated heterocycles. The topological polar surface area (TPSA) is 86.3 Å². The predicted molar refractivity (Wildman–Crippen MR) is 114 cm³/mol. The number of amides is 2. The van der Waals surface area contributed by atoms with Crippen molar-refractivity contribution >= 4 is 52.1 Å². The van der Waals surface area contributed by atoms with Gasteiger partial charge in [-0.05, 0) is 43.3 Å². The van der Waals surface area contributed by atoms with Crippen molar-refractivity contribution in [2.24, 2.45) is 5.10 Å². The molecule has 2 amide bonds. The van der Waals surface area contributed by atoms with Gasteiger partial charge in [0.05, 0.1) is 28.8 Å². The van der Waals surface area contributed by atoms with Gasteiger partial charge in [-0.2, -0.15) is 5.10 Å². The van der Waals surface area contributed by atoms with Gasteiger partial charge in [0.25, 0.3) is 5.91 Å². The van der Waals surface area contributed by atoms with Crippen molar-refractivity contribution in [3.05, 3.63) is 45.6 Å². The third-order valence-corrected chi connectivity index (χ3v) is 5.94. The zero-order valence-electron chi connectivity index (χ0n) is 15.7. The molecule has 2 aliphatic heterocycles. The fourth-order valence-corrected chi connectivity index (χ4v) is 4.21. The molecule has 1 atom stereocenters. The van der Waals surface area contributed by atoms with Crippen LogP contribution in [-0.4, -0.2) is 50.1 Å². The van der Waals surface area contributed by atoms with Crippen molar-refractivity contribution in [2.45, 2.75) is 13.0 Å². The largest absolute Gasteiger partial charge is 0.442 e. The van der Waals surface area contributed by atoms with E-state index in [0.29, 0.717) is 15.8 Å². The van der Waals surface area contributed by atoms with Gasteiger partial charge in [-0.15, -0.1) is 11.3 Å². The van der Waals surface area contributed by atoms with Gasteiger partial charge in [0, 0.05) is 17.9 Å². The minimum atomic E-state index is -0.420. The summed E-state index contributed by atoms with van der Waals surface area (Å²) in [5.41, 5.74) is 4.74. The van der Waals surface area contributed by atoms with Crippen LogP contribution >= 0.6 is 22.9 Å². The Morgan fingerprint density at radius 3 is 2.66 bits per heavy atom. The Morgan fingerprint density at radius 2 is 2.00 bits per heavy atom. The number of nitrogens with zero attached hydrogens (tertiary/aromatic N) is 3. The van der Waals surface area contributed by atoms with E-state index in [1.165, 1.54) is 11.3 Å². The van der Waals surface area contributed by atoms with Gasteiger partial charge in [0.15, 0.2) is 0 Å². The summed E-state index contributed by atoms with van der Waals surface area (Å²) in [6.45, 7) is 4.17. The Kier molecular flexibility index (Phi) is 5.59. The zero-order chi connectivity index (χ0) is 20.4. The lowest BCUT2D eigenvalue weighted by molar-refractivity contribution is 0.0920. The molecule has 0 bridgehead atoms. The number of cyclic esters (lactones) is 1. The summed E-state index contributed by atoms with van der Waals surface area (Å²) in [6.07, 6.45) is -0.833. The molecule has 0 saturated carbocycles. The van der Waals surface area contributed by atoms with Gasteiger partial charge < -0.3 is 20.4 Å². The normalized spacial score (nSPS) is 18.9. The third kappa shape index (κ3) is 4.30. The number of hydrogen-bond donors (Lipinski definition) is 2. The van der Waals surface area contributed by atoms with E-state index in [2.05, 4.69) is 20.7 Å². The van der Waals surface area contributed by atoms with E-state index < -0.39 is 12.2 Å². The zero-order valence-corrected chi connectivity index (χ0v) is 17.3. The SMILES string of the molecule is CC1=NNCCN1c1ccc(N2CC(CNC(=O)c3ccc(Cl)s3)OC2=O)cc1. The van der Waals surface area contributed by atoms with E-state index in [1.807, 2.05) is 31.2 Å². The van der Waals surface area contributed by atoms with E-state index in [0.717, 1.165) is 30.3 Å². The molecule has 0 radical (unpaired) electrons. The molecule has 1 aromatic heterocycles. The molecular formula is C19H20ClN5O3S. The van der Waals surface area contributed by atoms with E-state index in [-0.39, 0.29) is 12.5 Å². The number of hydrogen-bond acceptors (Lipinski definition) is 7. The number of carbonyl (C=O) groups excluding carboxylic acids is 2. The lowest BCUT2D eigenvalue weighted by atomic mass is 10.2. The van der Waals surface area contributed by atoms with Gasteiger partial charge >= 0.3 is 6.09 Å². The summed E-state index contributed by atoms with van der Waals surface area (Å²) in [5.74, 6) is 0.668. The molecule has 2 N–H and O–H groups in total. The first-order chi connectivity index (χ1) is 14.0. The lowest BCUT2D eigenvalue weighted by Gasteiger charge is -2.28. The Bertz CT molecular complexity index is 946. The number of thiophene rings is 1. The average Bonchev–Trinajstić information content (AvgIpc) is 3.32. The van der Waals surface area contributed by atoms with Crippen LogP contribution in [0.4, 0.5) is 16.2 Å². The monoisotopic (exact) mass is 433 g/mol. The fourth-order valence-electron chi connectivity index (χ4n) is 3.25. The first-order valence-electron chi connectivity index (χ1n) is 9.18. The molecule has 0 aliphatic carbocycles. The van der Waals surface area contributed by atoms with Crippen LogP contribution in [0.5, 0.6) is 0 Å². The second-order valence-corrected chi connectivity index (χ2v) is 8.38. The van der Waals surface area contributed by atoms with E-state index >= 15 is 0 Å². The molecule has 4 rings (SSSR count). The number of amidine groups is 1. The third-order valence-electron chi connectivity index (χ3n) is 4.71. The molecule has 1 unspecified atom stereocenters. The van der Waals surface area contributed by atoms with Crippen molar-refractivity contribution in [3.8, 4) is 0 Å². The maximum Gasteiger partial charge on any atom is 0.414 e. The molecule has 152 valence electrons. The quantitative estimate of drug-likeness (QED) is 0.757. The minimum Gasteiger partial charge on any atom is -0.442 e. The van der Waals surface area contributed by atoms with Crippen LogP contribution in [0.1, 0.15) is 16.6 Å². The first-order valence-corrected chi connectivity index (χ1v) is 10.4. The smallest absolute Gasteiger partial charge is 0.414 e. The van der Waals surface area contributed by atoms with Gasteiger partial charge in [-0.25, -0.2) is 4.79 Å². The van der Waals surface area contributed by atoms with Crippen LogP contribution in [-0.2, 0) is 4.74 Å².